The molecule has 2 aromatic heterocycles. The number of hydrogen-bond acceptors (Lipinski definition) is 3. The topological polar surface area (TPSA) is 72.5 Å². The summed E-state index contributed by atoms with van der Waals surface area (Å²) >= 11 is 0. The summed E-state index contributed by atoms with van der Waals surface area (Å²) < 4.78 is 2.00. The highest BCUT2D eigenvalue weighted by Crippen LogP contribution is 2.30. The summed E-state index contributed by atoms with van der Waals surface area (Å²) in [6.45, 7) is 8.26. The summed E-state index contributed by atoms with van der Waals surface area (Å²) in [4.78, 5) is 0. The molecular weight excluding hydrogens is 202 g/mol. The lowest BCUT2D eigenvalue weighted by Gasteiger charge is -2.08. The van der Waals surface area contributed by atoms with Crippen LogP contribution in [0.1, 0.15) is 31.3 Å². The lowest BCUT2D eigenvalue weighted by molar-refractivity contribution is 0.516. The minimum atomic E-state index is 0.344. The van der Waals surface area contributed by atoms with Crippen molar-refractivity contribution < 1.29 is 0 Å². The van der Waals surface area contributed by atoms with E-state index in [9.17, 15) is 0 Å². The highest BCUT2D eigenvalue weighted by molar-refractivity contribution is 5.75. The van der Waals surface area contributed by atoms with Gasteiger partial charge < -0.3 is 5.73 Å². The fraction of sp³-hybridized carbons (Fsp3) is 0.455. The van der Waals surface area contributed by atoms with Gasteiger partial charge in [-0.15, -0.1) is 0 Å². The van der Waals surface area contributed by atoms with Crippen molar-refractivity contribution in [2.24, 2.45) is 0 Å². The van der Waals surface area contributed by atoms with Gasteiger partial charge in [-0.2, -0.15) is 10.2 Å². The number of aromatic nitrogens is 4. The lowest BCUT2D eigenvalue weighted by Crippen LogP contribution is -2.04. The van der Waals surface area contributed by atoms with Crippen molar-refractivity contribution in [3.05, 3.63) is 17.6 Å². The van der Waals surface area contributed by atoms with Crippen LogP contribution >= 0.6 is 0 Å². The Morgan fingerprint density at radius 3 is 2.50 bits per heavy atom. The number of anilines is 1. The fourth-order valence-corrected chi connectivity index (χ4v) is 2.02. The maximum atomic E-state index is 5.86. The summed E-state index contributed by atoms with van der Waals surface area (Å²) in [6, 6.07) is 0.344. The van der Waals surface area contributed by atoms with Crippen molar-refractivity contribution in [2.75, 3.05) is 5.73 Å². The van der Waals surface area contributed by atoms with E-state index in [1.165, 1.54) is 0 Å². The van der Waals surface area contributed by atoms with E-state index >= 15 is 0 Å². The summed E-state index contributed by atoms with van der Waals surface area (Å²) in [5, 5.41) is 11.4. The molecule has 86 valence electrons. The van der Waals surface area contributed by atoms with E-state index in [1.54, 1.807) is 6.20 Å². The Labute approximate surface area is 94.7 Å². The Morgan fingerprint density at radius 1 is 1.38 bits per heavy atom. The largest absolute Gasteiger partial charge is 0.396 e. The average Bonchev–Trinajstić information content (AvgIpc) is 2.71. The molecule has 2 heterocycles. The van der Waals surface area contributed by atoms with E-state index in [-0.39, 0.29) is 0 Å². The van der Waals surface area contributed by atoms with E-state index in [0.717, 1.165) is 22.6 Å². The molecule has 0 saturated heterocycles. The minimum absolute atomic E-state index is 0.344. The fourth-order valence-electron chi connectivity index (χ4n) is 2.02. The predicted molar refractivity (Wildman–Crippen MR) is 64.1 cm³/mol. The van der Waals surface area contributed by atoms with Crippen LogP contribution in [0.25, 0.3) is 11.3 Å². The number of nitrogens with one attached hydrogen (secondary N) is 1. The molecule has 0 bridgehead atoms. The summed E-state index contributed by atoms with van der Waals surface area (Å²) in [7, 11) is 0. The van der Waals surface area contributed by atoms with E-state index in [0.29, 0.717) is 11.7 Å². The van der Waals surface area contributed by atoms with Gasteiger partial charge in [-0.1, -0.05) is 0 Å². The van der Waals surface area contributed by atoms with Crippen LogP contribution in [0.4, 0.5) is 5.69 Å². The van der Waals surface area contributed by atoms with Crippen molar-refractivity contribution in [3.63, 3.8) is 0 Å². The Balaban J connectivity index is 2.62. The third-order valence-electron chi connectivity index (χ3n) is 2.73. The van der Waals surface area contributed by atoms with Gasteiger partial charge >= 0.3 is 0 Å². The molecule has 0 saturated carbocycles. The van der Waals surface area contributed by atoms with Crippen LogP contribution in [0.15, 0.2) is 6.20 Å². The smallest absolute Gasteiger partial charge is 0.0917 e. The molecular formula is C11H17N5. The zero-order valence-corrected chi connectivity index (χ0v) is 10.1. The first-order chi connectivity index (χ1) is 7.52. The van der Waals surface area contributed by atoms with Crippen LogP contribution in [0.3, 0.4) is 0 Å². The number of hydrogen-bond donors (Lipinski definition) is 2. The third-order valence-corrected chi connectivity index (χ3v) is 2.73. The van der Waals surface area contributed by atoms with Gasteiger partial charge in [-0.05, 0) is 27.7 Å². The number of aromatic amines is 1. The normalized spacial score (nSPS) is 11.3. The van der Waals surface area contributed by atoms with Crippen LogP contribution in [0.5, 0.6) is 0 Å². The number of H-pyrrole nitrogens is 1. The maximum Gasteiger partial charge on any atom is 0.0917 e. The van der Waals surface area contributed by atoms with Gasteiger partial charge in [0.1, 0.15) is 0 Å². The average molecular weight is 219 g/mol. The molecule has 0 fully saturated rings. The van der Waals surface area contributed by atoms with Gasteiger partial charge in [0.2, 0.25) is 0 Å². The molecule has 2 aromatic rings. The summed E-state index contributed by atoms with van der Waals surface area (Å²) in [5.41, 5.74) is 10.5. The molecule has 16 heavy (non-hydrogen) atoms. The molecule has 5 heteroatoms. The molecule has 2 rings (SSSR count). The molecule has 0 atom stereocenters. The first-order valence-corrected chi connectivity index (χ1v) is 5.37. The molecule has 0 aromatic carbocycles. The van der Waals surface area contributed by atoms with Gasteiger partial charge in [-0.3, -0.25) is 9.78 Å². The van der Waals surface area contributed by atoms with Gasteiger partial charge in [-0.25, -0.2) is 0 Å². The van der Waals surface area contributed by atoms with E-state index in [4.69, 9.17) is 5.73 Å². The highest BCUT2D eigenvalue weighted by Gasteiger charge is 2.17. The van der Waals surface area contributed by atoms with Crippen molar-refractivity contribution >= 4 is 5.69 Å². The quantitative estimate of drug-likeness (QED) is 0.812. The van der Waals surface area contributed by atoms with Gasteiger partial charge in [0.25, 0.3) is 0 Å². The first kappa shape index (κ1) is 10.7. The second-order valence-corrected chi connectivity index (χ2v) is 4.28. The standard InChI is InChI=1S/C11H17N5/c1-6(2)16-8(4)10(7(3)15-16)11-9(12)5-13-14-11/h5-6H,12H2,1-4H3,(H,13,14). The predicted octanol–water partition coefficient (Wildman–Crippen LogP) is 2.05. The minimum Gasteiger partial charge on any atom is -0.396 e. The number of nitrogens with zero attached hydrogens (tertiary/aromatic N) is 3. The number of aryl methyl sites for hydroxylation is 1. The van der Waals surface area contributed by atoms with Gasteiger partial charge in [0.15, 0.2) is 0 Å². The monoisotopic (exact) mass is 219 g/mol. The van der Waals surface area contributed by atoms with Crippen LogP contribution < -0.4 is 5.73 Å². The first-order valence-electron chi connectivity index (χ1n) is 5.37. The van der Waals surface area contributed by atoms with Crippen molar-refractivity contribution in [1.29, 1.82) is 0 Å². The SMILES string of the molecule is Cc1nn(C(C)C)c(C)c1-c1[nH]ncc1N. The van der Waals surface area contributed by atoms with Crippen molar-refractivity contribution in [2.45, 2.75) is 33.7 Å². The summed E-state index contributed by atoms with van der Waals surface area (Å²) in [5.74, 6) is 0. The van der Waals surface area contributed by atoms with E-state index in [1.807, 2.05) is 11.6 Å². The van der Waals surface area contributed by atoms with Crippen LogP contribution in [0, 0.1) is 13.8 Å². The molecule has 3 N–H and O–H groups in total. The van der Waals surface area contributed by atoms with E-state index in [2.05, 4.69) is 36.1 Å². The van der Waals surface area contributed by atoms with Gasteiger partial charge in [0.05, 0.1) is 23.3 Å². The van der Waals surface area contributed by atoms with Crippen LogP contribution in [-0.4, -0.2) is 20.0 Å². The molecule has 0 spiro atoms. The molecule has 0 unspecified atom stereocenters. The Morgan fingerprint density at radius 2 is 2.06 bits per heavy atom. The number of rotatable bonds is 2. The lowest BCUT2D eigenvalue weighted by atomic mass is 10.1. The molecule has 0 aliphatic rings. The Hall–Kier alpha value is -1.78. The number of nitrogens with two attached hydrogens (primary N) is 1. The second-order valence-electron chi connectivity index (χ2n) is 4.28. The van der Waals surface area contributed by atoms with Gasteiger partial charge in [0, 0.05) is 17.3 Å². The Bertz CT molecular complexity index is 506. The number of nitrogen functional groups attached to an aromatic ring is 1. The third kappa shape index (κ3) is 1.48. The van der Waals surface area contributed by atoms with Crippen LogP contribution in [0.2, 0.25) is 0 Å². The maximum absolute atomic E-state index is 5.86. The zero-order chi connectivity index (χ0) is 11.9. The van der Waals surface area contributed by atoms with E-state index < -0.39 is 0 Å². The molecule has 0 aliphatic heterocycles. The Kier molecular flexibility index (Phi) is 2.46. The summed E-state index contributed by atoms with van der Waals surface area (Å²) in [6.07, 6.45) is 1.63. The second kappa shape index (κ2) is 3.66. The molecule has 0 radical (unpaired) electrons. The highest BCUT2D eigenvalue weighted by atomic mass is 15.3. The molecule has 5 nitrogen and oxygen atoms in total. The van der Waals surface area contributed by atoms with Crippen molar-refractivity contribution in [1.82, 2.24) is 20.0 Å². The van der Waals surface area contributed by atoms with Crippen LogP contribution in [-0.2, 0) is 0 Å². The molecule has 0 aliphatic carbocycles. The van der Waals surface area contributed by atoms with Crippen molar-refractivity contribution in [3.8, 4) is 11.3 Å². The zero-order valence-electron chi connectivity index (χ0n) is 10.1. The molecule has 0 amide bonds.